The van der Waals surface area contributed by atoms with E-state index < -0.39 is 26.5 Å². The van der Waals surface area contributed by atoms with Crippen molar-refractivity contribution in [2.24, 2.45) is 0 Å². The third-order valence-electron chi connectivity index (χ3n) is 4.98. The molecule has 0 aliphatic heterocycles. The number of aliphatic hydroxyl groups is 1. The quantitative estimate of drug-likeness (QED) is 0.0744. The van der Waals surface area contributed by atoms with Gasteiger partial charge in [0, 0.05) is 6.42 Å². The zero-order chi connectivity index (χ0) is 29.2. The molecule has 0 aliphatic rings. The highest BCUT2D eigenvalue weighted by molar-refractivity contribution is 7.45. The van der Waals surface area contributed by atoms with Crippen LogP contribution in [-0.4, -0.2) is 69.2 Å². The summed E-state index contributed by atoms with van der Waals surface area (Å²) in [4.78, 5) is 23.5. The Morgan fingerprint density at radius 2 is 1.26 bits per heavy atom. The Morgan fingerprint density at radius 3 is 1.72 bits per heavy atom. The molecular formula is C30H50NO7P. The zero-order valence-electron chi connectivity index (χ0n) is 24.3. The number of hydrogen-bond acceptors (Lipinski definition) is 7. The summed E-state index contributed by atoms with van der Waals surface area (Å²) in [7, 11) is 1.19. The molecule has 8 nitrogen and oxygen atoms in total. The number of nitrogens with zero attached hydrogens (tertiary/aromatic N) is 1. The lowest BCUT2D eigenvalue weighted by Gasteiger charge is -2.27. The molecule has 0 radical (unpaired) electrons. The van der Waals surface area contributed by atoms with Crippen LogP contribution in [0.25, 0.3) is 0 Å². The van der Waals surface area contributed by atoms with E-state index in [9.17, 15) is 19.4 Å². The van der Waals surface area contributed by atoms with E-state index in [0.717, 1.165) is 38.5 Å². The number of rotatable bonds is 23. The monoisotopic (exact) mass is 567 g/mol. The van der Waals surface area contributed by atoms with Crippen molar-refractivity contribution in [1.29, 1.82) is 0 Å². The smallest absolute Gasteiger partial charge is 0.306 e. The first kappa shape index (κ1) is 36.9. The van der Waals surface area contributed by atoms with E-state index in [1.165, 1.54) is 0 Å². The summed E-state index contributed by atoms with van der Waals surface area (Å²) >= 11 is 0. The number of phosphoric acid groups is 1. The van der Waals surface area contributed by atoms with Gasteiger partial charge < -0.3 is 28.3 Å². The predicted molar refractivity (Wildman–Crippen MR) is 157 cm³/mol. The number of phosphoric ester groups is 1. The molecule has 0 saturated carbocycles. The van der Waals surface area contributed by atoms with Crippen molar-refractivity contribution in [2.75, 3.05) is 47.5 Å². The van der Waals surface area contributed by atoms with Crippen LogP contribution in [0, 0.1) is 0 Å². The van der Waals surface area contributed by atoms with Crippen LogP contribution >= 0.6 is 7.82 Å². The topological polar surface area (TPSA) is 105 Å². The van der Waals surface area contributed by atoms with Crippen LogP contribution < -0.4 is 4.89 Å². The van der Waals surface area contributed by atoms with Crippen molar-refractivity contribution in [3.8, 4) is 0 Å². The minimum atomic E-state index is -4.51. The maximum absolute atomic E-state index is 11.8. The second-order valence-corrected chi connectivity index (χ2v) is 11.3. The van der Waals surface area contributed by atoms with Gasteiger partial charge in [-0.1, -0.05) is 79.8 Å². The summed E-state index contributed by atoms with van der Waals surface area (Å²) in [5.74, 6) is -0.474. The number of likely N-dealkylation sites (N-methyl/N-ethyl adjacent to an activating group) is 1. The number of quaternary nitrogens is 1. The largest absolute Gasteiger partial charge is 0.756 e. The van der Waals surface area contributed by atoms with Crippen LogP contribution in [0.4, 0.5) is 0 Å². The van der Waals surface area contributed by atoms with Crippen molar-refractivity contribution < 1.29 is 37.6 Å². The number of allylic oxidation sites excluding steroid dienone is 12. The molecule has 1 unspecified atom stereocenters. The van der Waals surface area contributed by atoms with Gasteiger partial charge in [0.1, 0.15) is 25.9 Å². The van der Waals surface area contributed by atoms with E-state index in [1.54, 1.807) is 0 Å². The van der Waals surface area contributed by atoms with Gasteiger partial charge in [-0.25, -0.2) is 0 Å². The van der Waals surface area contributed by atoms with Gasteiger partial charge in [0.2, 0.25) is 0 Å². The first-order valence-corrected chi connectivity index (χ1v) is 15.2. The van der Waals surface area contributed by atoms with Gasteiger partial charge >= 0.3 is 5.97 Å². The molecule has 0 aromatic rings. The van der Waals surface area contributed by atoms with Crippen LogP contribution in [0.3, 0.4) is 0 Å². The lowest BCUT2D eigenvalue weighted by atomic mass is 10.2. The fraction of sp³-hybridized carbons (Fsp3) is 0.567. The molecule has 0 rings (SSSR count). The number of carbonyl (C=O) groups excluding carboxylic acids is 1. The number of esters is 1. The molecule has 0 heterocycles. The van der Waals surface area contributed by atoms with E-state index in [4.69, 9.17) is 9.26 Å². The van der Waals surface area contributed by atoms with Gasteiger partial charge in [0.25, 0.3) is 7.82 Å². The van der Waals surface area contributed by atoms with E-state index in [0.29, 0.717) is 17.4 Å². The molecule has 0 saturated heterocycles. The summed E-state index contributed by atoms with van der Waals surface area (Å²) in [6, 6.07) is 0. The average molecular weight is 568 g/mol. The summed E-state index contributed by atoms with van der Waals surface area (Å²) in [5.41, 5.74) is 0. The van der Waals surface area contributed by atoms with Gasteiger partial charge in [-0.15, -0.1) is 0 Å². The minimum Gasteiger partial charge on any atom is -0.756 e. The Morgan fingerprint density at radius 1 is 0.795 bits per heavy atom. The van der Waals surface area contributed by atoms with E-state index in [1.807, 2.05) is 33.3 Å². The van der Waals surface area contributed by atoms with Gasteiger partial charge in [0.15, 0.2) is 0 Å². The van der Waals surface area contributed by atoms with Crippen molar-refractivity contribution in [1.82, 2.24) is 0 Å². The third kappa shape index (κ3) is 28.8. The lowest BCUT2D eigenvalue weighted by molar-refractivity contribution is -0.870. The normalized spacial score (nSPS) is 15.5. The van der Waals surface area contributed by atoms with Crippen LogP contribution in [0.1, 0.15) is 58.3 Å². The number of carbonyl (C=O) groups is 1. The van der Waals surface area contributed by atoms with E-state index >= 15 is 0 Å². The average Bonchev–Trinajstić information content (AvgIpc) is 2.86. The predicted octanol–water partition coefficient (Wildman–Crippen LogP) is 5.58. The maximum atomic E-state index is 11.8. The van der Waals surface area contributed by atoms with Crippen molar-refractivity contribution in [3.63, 3.8) is 0 Å². The summed E-state index contributed by atoms with van der Waals surface area (Å²) < 4.78 is 26.6. The van der Waals surface area contributed by atoms with Crippen molar-refractivity contribution in [3.05, 3.63) is 72.9 Å². The molecule has 0 fully saturated rings. The molecule has 1 N–H and O–H groups in total. The minimum absolute atomic E-state index is 0.0239. The fourth-order valence-electron chi connectivity index (χ4n) is 2.79. The highest BCUT2D eigenvalue weighted by Crippen LogP contribution is 2.38. The van der Waals surface area contributed by atoms with Crippen LogP contribution in [0.15, 0.2) is 72.9 Å². The molecule has 9 heteroatoms. The van der Waals surface area contributed by atoms with Gasteiger partial charge in [0.05, 0.1) is 27.7 Å². The maximum Gasteiger partial charge on any atom is 0.306 e. The van der Waals surface area contributed by atoms with Gasteiger partial charge in [-0.3, -0.25) is 9.36 Å². The molecule has 0 aromatic carbocycles. The van der Waals surface area contributed by atoms with E-state index in [-0.39, 0.29) is 19.6 Å². The highest BCUT2D eigenvalue weighted by Gasteiger charge is 2.16. The van der Waals surface area contributed by atoms with Gasteiger partial charge in [-0.2, -0.15) is 0 Å². The molecule has 0 aliphatic carbocycles. The summed E-state index contributed by atoms with van der Waals surface area (Å²) in [6.45, 7) is 1.71. The molecule has 0 bridgehead atoms. The fourth-order valence-corrected chi connectivity index (χ4v) is 3.53. The highest BCUT2D eigenvalue weighted by atomic mass is 31.2. The Kier molecular flexibility index (Phi) is 22.5. The van der Waals surface area contributed by atoms with Crippen LogP contribution in [0.2, 0.25) is 0 Å². The molecule has 0 spiro atoms. The SMILES string of the molecule is CC/C=C\C/C=C/C/C=C/C/C=C/C/C=C/C/C=C/CCC(=O)OC[C@@H](O)COP(=O)([O-])OCC[N+](C)(C)C. The third-order valence-corrected chi connectivity index (χ3v) is 5.95. The molecule has 0 amide bonds. The molecule has 222 valence electrons. The first-order chi connectivity index (χ1) is 18.6. The molecule has 0 aromatic heterocycles. The summed E-state index contributed by atoms with van der Waals surface area (Å²) in [6.07, 6.45) is 30.5. The van der Waals surface area contributed by atoms with Crippen molar-refractivity contribution in [2.45, 2.75) is 64.4 Å². The van der Waals surface area contributed by atoms with Crippen LogP contribution in [-0.2, 0) is 23.1 Å². The number of aliphatic hydroxyl groups excluding tert-OH is 1. The second-order valence-electron chi connectivity index (χ2n) is 9.88. The Labute approximate surface area is 236 Å². The first-order valence-electron chi connectivity index (χ1n) is 13.7. The van der Waals surface area contributed by atoms with Gasteiger partial charge in [-0.05, 0) is 44.9 Å². The number of hydrogen-bond donors (Lipinski definition) is 1. The Hall–Kier alpha value is -2.06. The standard InChI is InChI=1S/C30H50NO7P/c1-5-6-7-8-9-10-11-12-13-14-15-16-17-18-19-20-21-22-23-24-30(33)36-27-29(32)28-38-39(34,35)37-26-25-31(2,3)4/h6-7,9-10,12-13,15-16,18-19,21-22,29,32H,5,8,11,14,17,20,23-28H2,1-4H3/b7-6-,10-9+,13-12+,16-15+,19-18+,22-21+/t29-/m1/s1. The molecule has 2 atom stereocenters. The zero-order valence-corrected chi connectivity index (χ0v) is 25.2. The van der Waals surface area contributed by atoms with E-state index in [2.05, 4.69) is 72.2 Å². The lowest BCUT2D eigenvalue weighted by Crippen LogP contribution is -2.37. The Balaban J connectivity index is 3.80. The summed E-state index contributed by atoms with van der Waals surface area (Å²) in [5, 5.41) is 9.80. The molecular weight excluding hydrogens is 517 g/mol. The Bertz CT molecular complexity index is 854. The number of ether oxygens (including phenoxy) is 1. The van der Waals surface area contributed by atoms with Crippen molar-refractivity contribution >= 4 is 13.8 Å². The second kappa shape index (κ2) is 23.8. The van der Waals surface area contributed by atoms with Crippen LogP contribution in [0.5, 0.6) is 0 Å². The molecule has 39 heavy (non-hydrogen) atoms.